The van der Waals surface area contributed by atoms with Crippen molar-refractivity contribution in [2.24, 2.45) is 5.10 Å². The van der Waals surface area contributed by atoms with Crippen molar-refractivity contribution >= 4 is 12.1 Å². The van der Waals surface area contributed by atoms with Gasteiger partial charge in [-0.05, 0) is 12.1 Å². The van der Waals surface area contributed by atoms with Gasteiger partial charge < -0.3 is 9.47 Å². The number of hydrogen-bond donors (Lipinski definition) is 2. The van der Waals surface area contributed by atoms with E-state index in [1.54, 1.807) is 24.5 Å². The number of aromatic amines is 1. The SMILES string of the molecule is O=C(NN=Cc1cn[nH]c1-c1ccccc1)C1COc2ccccc2O1. The number of carbonyl (C=O) groups is 1. The summed E-state index contributed by atoms with van der Waals surface area (Å²) in [4.78, 5) is 12.2. The Bertz CT molecular complexity index is 937. The summed E-state index contributed by atoms with van der Waals surface area (Å²) in [5.74, 6) is 0.801. The van der Waals surface area contributed by atoms with E-state index in [4.69, 9.17) is 9.47 Å². The lowest BCUT2D eigenvalue weighted by atomic mass is 10.1. The van der Waals surface area contributed by atoms with Gasteiger partial charge in [-0.3, -0.25) is 9.89 Å². The van der Waals surface area contributed by atoms with Crippen molar-refractivity contribution < 1.29 is 14.3 Å². The molecule has 4 rings (SSSR count). The standard InChI is InChI=1S/C19H16N4O3/c24-19(17-12-25-15-8-4-5-9-16(15)26-17)23-21-11-14-10-20-22-18(14)13-6-2-1-3-7-13/h1-11,17H,12H2,(H,20,22)(H,23,24). The van der Waals surface area contributed by atoms with Crippen LogP contribution in [0.15, 0.2) is 65.9 Å². The van der Waals surface area contributed by atoms with Crippen LogP contribution >= 0.6 is 0 Å². The quantitative estimate of drug-likeness (QED) is 0.560. The molecule has 0 radical (unpaired) electrons. The third-order valence-electron chi connectivity index (χ3n) is 3.91. The molecule has 0 aliphatic carbocycles. The summed E-state index contributed by atoms with van der Waals surface area (Å²) in [6.45, 7) is 0.138. The van der Waals surface area contributed by atoms with E-state index in [9.17, 15) is 4.79 Å². The number of hydrogen-bond acceptors (Lipinski definition) is 5. The average molecular weight is 348 g/mol. The van der Waals surface area contributed by atoms with Gasteiger partial charge in [-0.2, -0.15) is 10.2 Å². The topological polar surface area (TPSA) is 88.6 Å². The van der Waals surface area contributed by atoms with Crippen LogP contribution in [-0.2, 0) is 4.79 Å². The molecule has 1 aliphatic rings. The van der Waals surface area contributed by atoms with Crippen molar-refractivity contribution in [3.8, 4) is 22.8 Å². The number of aromatic nitrogens is 2. The molecule has 0 saturated heterocycles. The van der Waals surface area contributed by atoms with Crippen molar-refractivity contribution in [2.75, 3.05) is 6.61 Å². The second-order valence-corrected chi connectivity index (χ2v) is 5.66. The maximum absolute atomic E-state index is 12.2. The Morgan fingerprint density at radius 2 is 1.92 bits per heavy atom. The number of nitrogens with zero attached hydrogens (tertiary/aromatic N) is 2. The van der Waals surface area contributed by atoms with Crippen LogP contribution in [0.25, 0.3) is 11.3 Å². The number of amides is 1. The lowest BCUT2D eigenvalue weighted by molar-refractivity contribution is -0.130. The first-order valence-corrected chi connectivity index (χ1v) is 8.11. The lowest BCUT2D eigenvalue weighted by Gasteiger charge is -2.24. The summed E-state index contributed by atoms with van der Waals surface area (Å²) in [7, 11) is 0. The van der Waals surface area contributed by atoms with Gasteiger partial charge in [-0.1, -0.05) is 42.5 Å². The number of hydrazone groups is 1. The summed E-state index contributed by atoms with van der Waals surface area (Å²) < 4.78 is 11.2. The molecule has 1 aromatic heterocycles. The molecule has 1 amide bonds. The molecule has 26 heavy (non-hydrogen) atoms. The molecule has 7 nitrogen and oxygen atoms in total. The van der Waals surface area contributed by atoms with Gasteiger partial charge in [0.25, 0.3) is 5.91 Å². The number of ether oxygens (including phenoxy) is 2. The molecular weight excluding hydrogens is 332 g/mol. The van der Waals surface area contributed by atoms with Gasteiger partial charge in [0, 0.05) is 11.1 Å². The van der Waals surface area contributed by atoms with Crippen LogP contribution in [-0.4, -0.2) is 35.0 Å². The third kappa shape index (κ3) is 3.27. The Balaban J connectivity index is 1.41. The lowest BCUT2D eigenvalue weighted by Crippen LogP contribution is -2.42. The van der Waals surface area contributed by atoms with Crippen LogP contribution in [0.5, 0.6) is 11.5 Å². The van der Waals surface area contributed by atoms with Crippen molar-refractivity contribution in [3.05, 3.63) is 66.4 Å². The van der Waals surface area contributed by atoms with Gasteiger partial charge in [0.05, 0.1) is 18.1 Å². The molecule has 1 unspecified atom stereocenters. The van der Waals surface area contributed by atoms with E-state index >= 15 is 0 Å². The zero-order valence-corrected chi connectivity index (χ0v) is 13.8. The molecule has 0 bridgehead atoms. The minimum Gasteiger partial charge on any atom is -0.485 e. The van der Waals surface area contributed by atoms with Gasteiger partial charge >= 0.3 is 0 Å². The monoisotopic (exact) mass is 348 g/mol. The second kappa shape index (κ2) is 7.10. The third-order valence-corrected chi connectivity index (χ3v) is 3.91. The van der Waals surface area contributed by atoms with Crippen LogP contribution in [0.3, 0.4) is 0 Å². The van der Waals surface area contributed by atoms with Crippen molar-refractivity contribution in [1.82, 2.24) is 15.6 Å². The molecule has 7 heteroatoms. The van der Waals surface area contributed by atoms with Gasteiger partial charge in [0.15, 0.2) is 11.5 Å². The van der Waals surface area contributed by atoms with Crippen molar-refractivity contribution in [3.63, 3.8) is 0 Å². The summed E-state index contributed by atoms with van der Waals surface area (Å²) in [5, 5.41) is 11.0. The zero-order chi connectivity index (χ0) is 17.8. The average Bonchev–Trinajstić information content (AvgIpc) is 3.17. The number of para-hydroxylation sites is 2. The van der Waals surface area contributed by atoms with Crippen LogP contribution in [0, 0.1) is 0 Å². The van der Waals surface area contributed by atoms with E-state index < -0.39 is 6.10 Å². The Hall–Kier alpha value is -3.61. The summed E-state index contributed by atoms with van der Waals surface area (Å²) in [6, 6.07) is 17.0. The highest BCUT2D eigenvalue weighted by atomic mass is 16.6. The van der Waals surface area contributed by atoms with Gasteiger partial charge in [0.2, 0.25) is 6.10 Å². The molecule has 130 valence electrons. The van der Waals surface area contributed by atoms with Crippen LogP contribution in [0.4, 0.5) is 0 Å². The molecule has 2 heterocycles. The molecular formula is C19H16N4O3. The number of carbonyl (C=O) groups excluding carboxylic acids is 1. The highest BCUT2D eigenvalue weighted by molar-refractivity contribution is 5.90. The Morgan fingerprint density at radius 1 is 1.15 bits per heavy atom. The van der Waals surface area contributed by atoms with Crippen molar-refractivity contribution in [1.29, 1.82) is 0 Å². The fourth-order valence-corrected chi connectivity index (χ4v) is 2.62. The Morgan fingerprint density at radius 3 is 2.77 bits per heavy atom. The minimum atomic E-state index is -0.750. The molecule has 1 atom stereocenters. The van der Waals surface area contributed by atoms with Gasteiger partial charge in [-0.15, -0.1) is 0 Å². The fraction of sp³-hybridized carbons (Fsp3) is 0.105. The fourth-order valence-electron chi connectivity index (χ4n) is 2.62. The normalized spacial score (nSPS) is 15.8. The van der Waals surface area contributed by atoms with E-state index in [0.717, 1.165) is 16.8 Å². The number of rotatable bonds is 4. The highest BCUT2D eigenvalue weighted by Crippen LogP contribution is 2.30. The molecule has 2 aromatic carbocycles. The van der Waals surface area contributed by atoms with E-state index in [2.05, 4.69) is 20.7 Å². The van der Waals surface area contributed by atoms with Crippen LogP contribution < -0.4 is 14.9 Å². The molecule has 2 N–H and O–H groups in total. The maximum atomic E-state index is 12.2. The van der Waals surface area contributed by atoms with E-state index in [1.165, 1.54) is 0 Å². The Kier molecular flexibility index (Phi) is 4.34. The summed E-state index contributed by atoms with van der Waals surface area (Å²) in [5.41, 5.74) is 5.06. The number of H-pyrrole nitrogens is 1. The predicted molar refractivity (Wildman–Crippen MR) is 96.1 cm³/mol. The zero-order valence-electron chi connectivity index (χ0n) is 13.8. The molecule has 0 spiro atoms. The van der Waals surface area contributed by atoms with E-state index in [-0.39, 0.29) is 12.5 Å². The number of benzene rings is 2. The second-order valence-electron chi connectivity index (χ2n) is 5.66. The molecule has 0 saturated carbocycles. The van der Waals surface area contributed by atoms with Crippen LogP contribution in [0.1, 0.15) is 5.56 Å². The minimum absolute atomic E-state index is 0.138. The number of fused-ring (bicyclic) bond motifs is 1. The van der Waals surface area contributed by atoms with E-state index in [1.807, 2.05) is 42.5 Å². The molecule has 0 fully saturated rings. The maximum Gasteiger partial charge on any atom is 0.284 e. The van der Waals surface area contributed by atoms with Crippen LogP contribution in [0.2, 0.25) is 0 Å². The first kappa shape index (κ1) is 15.9. The predicted octanol–water partition coefficient (Wildman–Crippen LogP) is 2.37. The Labute approximate surface area is 149 Å². The largest absolute Gasteiger partial charge is 0.485 e. The highest BCUT2D eigenvalue weighted by Gasteiger charge is 2.27. The molecule has 3 aromatic rings. The van der Waals surface area contributed by atoms with Gasteiger partial charge in [0.1, 0.15) is 6.61 Å². The summed E-state index contributed by atoms with van der Waals surface area (Å²) in [6.07, 6.45) is 2.44. The molecule has 1 aliphatic heterocycles. The first-order valence-electron chi connectivity index (χ1n) is 8.11. The van der Waals surface area contributed by atoms with Crippen molar-refractivity contribution in [2.45, 2.75) is 6.10 Å². The van der Waals surface area contributed by atoms with Gasteiger partial charge in [-0.25, -0.2) is 5.43 Å². The summed E-state index contributed by atoms with van der Waals surface area (Å²) >= 11 is 0. The van der Waals surface area contributed by atoms with E-state index in [0.29, 0.717) is 11.5 Å². The smallest absolute Gasteiger partial charge is 0.284 e. The number of nitrogens with one attached hydrogen (secondary N) is 2. The first-order chi connectivity index (χ1) is 12.8.